The number of nitrogens with one attached hydrogen (secondary N) is 1. The maximum absolute atomic E-state index is 8.18. The van der Waals surface area contributed by atoms with E-state index in [4.69, 9.17) is 5.41 Å². The van der Waals surface area contributed by atoms with Crippen LogP contribution >= 0.6 is 0 Å². The fourth-order valence-corrected chi connectivity index (χ4v) is 2.30. The summed E-state index contributed by atoms with van der Waals surface area (Å²) >= 11 is 0. The molecule has 0 aromatic carbocycles. The molecule has 4 heteroatoms. The predicted molar refractivity (Wildman–Crippen MR) is 69.3 cm³/mol. The van der Waals surface area contributed by atoms with Gasteiger partial charge in [-0.15, -0.1) is 0 Å². The SMILES string of the molecule is CN(C)C1CCN(C(=N)c2ccncc2)CC1. The molecule has 1 aliphatic rings. The first-order valence-corrected chi connectivity index (χ1v) is 6.09. The molecule has 1 aromatic heterocycles. The summed E-state index contributed by atoms with van der Waals surface area (Å²) in [6.07, 6.45) is 5.77. The summed E-state index contributed by atoms with van der Waals surface area (Å²) in [5.41, 5.74) is 0.961. The van der Waals surface area contributed by atoms with Crippen LogP contribution in [0.1, 0.15) is 18.4 Å². The second-order valence-electron chi connectivity index (χ2n) is 4.77. The lowest BCUT2D eigenvalue weighted by atomic mass is 10.0. The number of likely N-dealkylation sites (tertiary alicyclic amines) is 1. The van der Waals surface area contributed by atoms with Crippen molar-refractivity contribution >= 4 is 5.84 Å². The molecule has 0 atom stereocenters. The molecule has 92 valence electrons. The number of rotatable bonds is 2. The smallest absolute Gasteiger partial charge is 0.128 e. The lowest BCUT2D eigenvalue weighted by molar-refractivity contribution is 0.191. The number of amidine groups is 1. The van der Waals surface area contributed by atoms with E-state index < -0.39 is 0 Å². The molecule has 4 nitrogen and oxygen atoms in total. The lowest BCUT2D eigenvalue weighted by Gasteiger charge is -2.36. The van der Waals surface area contributed by atoms with E-state index in [-0.39, 0.29) is 0 Å². The molecule has 1 saturated heterocycles. The summed E-state index contributed by atoms with van der Waals surface area (Å²) in [5, 5.41) is 8.18. The Morgan fingerprint density at radius 3 is 2.41 bits per heavy atom. The van der Waals surface area contributed by atoms with Crippen LogP contribution < -0.4 is 0 Å². The highest BCUT2D eigenvalue weighted by Crippen LogP contribution is 2.16. The Morgan fingerprint density at radius 2 is 1.88 bits per heavy atom. The zero-order valence-corrected chi connectivity index (χ0v) is 10.6. The van der Waals surface area contributed by atoms with Crippen molar-refractivity contribution in [2.75, 3.05) is 27.2 Å². The predicted octanol–water partition coefficient (Wildman–Crippen LogP) is 1.43. The van der Waals surface area contributed by atoms with Gasteiger partial charge < -0.3 is 9.80 Å². The molecule has 0 aliphatic carbocycles. The monoisotopic (exact) mass is 232 g/mol. The van der Waals surface area contributed by atoms with Crippen molar-refractivity contribution in [2.24, 2.45) is 0 Å². The maximum Gasteiger partial charge on any atom is 0.128 e. The Bertz CT molecular complexity index is 366. The van der Waals surface area contributed by atoms with Crippen LogP contribution in [0.25, 0.3) is 0 Å². The zero-order chi connectivity index (χ0) is 12.3. The van der Waals surface area contributed by atoms with E-state index in [0.29, 0.717) is 11.9 Å². The highest BCUT2D eigenvalue weighted by molar-refractivity contribution is 5.96. The molecular formula is C13H20N4. The average molecular weight is 232 g/mol. The van der Waals surface area contributed by atoms with Crippen LogP contribution in [-0.2, 0) is 0 Å². The van der Waals surface area contributed by atoms with Gasteiger partial charge in [0.25, 0.3) is 0 Å². The van der Waals surface area contributed by atoms with E-state index >= 15 is 0 Å². The first-order chi connectivity index (χ1) is 8.18. The minimum Gasteiger partial charge on any atom is -0.356 e. The van der Waals surface area contributed by atoms with Crippen LogP contribution in [0, 0.1) is 5.41 Å². The molecule has 1 fully saturated rings. The van der Waals surface area contributed by atoms with Gasteiger partial charge in [-0.1, -0.05) is 0 Å². The van der Waals surface area contributed by atoms with Gasteiger partial charge in [0.05, 0.1) is 0 Å². The number of piperidine rings is 1. The third kappa shape index (κ3) is 2.82. The molecule has 1 aromatic rings. The molecule has 0 unspecified atom stereocenters. The molecule has 0 bridgehead atoms. The topological polar surface area (TPSA) is 43.2 Å². The van der Waals surface area contributed by atoms with Gasteiger partial charge >= 0.3 is 0 Å². The van der Waals surface area contributed by atoms with Gasteiger partial charge in [0, 0.05) is 37.1 Å². The second kappa shape index (κ2) is 5.27. The summed E-state index contributed by atoms with van der Waals surface area (Å²) in [6, 6.07) is 4.47. The largest absolute Gasteiger partial charge is 0.356 e. The van der Waals surface area contributed by atoms with Crippen LogP contribution in [0.2, 0.25) is 0 Å². The van der Waals surface area contributed by atoms with Crippen LogP contribution in [0.4, 0.5) is 0 Å². The number of nitrogens with zero attached hydrogens (tertiary/aromatic N) is 3. The number of aromatic nitrogens is 1. The lowest BCUT2D eigenvalue weighted by Crippen LogP contribution is -2.44. The van der Waals surface area contributed by atoms with E-state index in [0.717, 1.165) is 31.5 Å². The Balaban J connectivity index is 1.95. The van der Waals surface area contributed by atoms with Gasteiger partial charge in [0.15, 0.2) is 0 Å². The van der Waals surface area contributed by atoms with E-state index in [9.17, 15) is 0 Å². The Morgan fingerprint density at radius 1 is 1.29 bits per heavy atom. The molecule has 0 spiro atoms. The van der Waals surface area contributed by atoms with Gasteiger partial charge in [-0.2, -0.15) is 0 Å². The van der Waals surface area contributed by atoms with Crippen LogP contribution in [0.3, 0.4) is 0 Å². The van der Waals surface area contributed by atoms with E-state index in [1.807, 2.05) is 12.1 Å². The van der Waals surface area contributed by atoms with Crippen molar-refractivity contribution < 1.29 is 0 Å². The molecule has 1 aliphatic heterocycles. The molecule has 17 heavy (non-hydrogen) atoms. The molecular weight excluding hydrogens is 212 g/mol. The fourth-order valence-electron chi connectivity index (χ4n) is 2.30. The number of hydrogen-bond acceptors (Lipinski definition) is 3. The Kier molecular flexibility index (Phi) is 3.74. The standard InChI is InChI=1S/C13H20N4/c1-16(2)12-5-9-17(10-6-12)13(14)11-3-7-15-8-4-11/h3-4,7-8,12,14H,5-6,9-10H2,1-2H3. The second-order valence-corrected chi connectivity index (χ2v) is 4.77. The molecule has 0 saturated carbocycles. The third-order valence-corrected chi connectivity index (χ3v) is 3.46. The van der Waals surface area contributed by atoms with Crippen molar-refractivity contribution in [1.82, 2.24) is 14.8 Å². The normalized spacial score (nSPS) is 17.5. The van der Waals surface area contributed by atoms with Crippen molar-refractivity contribution in [3.8, 4) is 0 Å². The highest BCUT2D eigenvalue weighted by Gasteiger charge is 2.22. The summed E-state index contributed by atoms with van der Waals surface area (Å²) in [4.78, 5) is 8.43. The van der Waals surface area contributed by atoms with Crippen molar-refractivity contribution in [1.29, 1.82) is 5.41 Å². The first-order valence-electron chi connectivity index (χ1n) is 6.09. The minimum absolute atomic E-state index is 0.629. The summed E-state index contributed by atoms with van der Waals surface area (Å²) in [7, 11) is 4.27. The van der Waals surface area contributed by atoms with E-state index in [2.05, 4.69) is 28.9 Å². The third-order valence-electron chi connectivity index (χ3n) is 3.46. The van der Waals surface area contributed by atoms with Crippen LogP contribution in [-0.4, -0.2) is 53.8 Å². The number of hydrogen-bond donors (Lipinski definition) is 1. The van der Waals surface area contributed by atoms with Crippen molar-refractivity contribution in [3.63, 3.8) is 0 Å². The Hall–Kier alpha value is -1.42. The van der Waals surface area contributed by atoms with Gasteiger partial charge in [0.1, 0.15) is 5.84 Å². The summed E-state index contributed by atoms with van der Waals surface area (Å²) in [5.74, 6) is 0.629. The average Bonchev–Trinajstić information content (AvgIpc) is 2.39. The van der Waals surface area contributed by atoms with Gasteiger partial charge in [-0.3, -0.25) is 10.4 Å². The van der Waals surface area contributed by atoms with Gasteiger partial charge in [0.2, 0.25) is 0 Å². The molecule has 2 rings (SSSR count). The maximum atomic E-state index is 8.18. The highest BCUT2D eigenvalue weighted by atomic mass is 15.2. The van der Waals surface area contributed by atoms with Gasteiger partial charge in [-0.05, 0) is 39.1 Å². The van der Waals surface area contributed by atoms with E-state index in [1.165, 1.54) is 0 Å². The zero-order valence-electron chi connectivity index (χ0n) is 10.6. The molecule has 0 amide bonds. The van der Waals surface area contributed by atoms with Gasteiger partial charge in [-0.25, -0.2) is 0 Å². The van der Waals surface area contributed by atoms with Crippen LogP contribution in [0.15, 0.2) is 24.5 Å². The molecule has 0 radical (unpaired) electrons. The summed E-state index contributed by atoms with van der Waals surface area (Å²) in [6.45, 7) is 1.95. The molecule has 2 heterocycles. The number of pyridine rings is 1. The Labute approximate surface area is 103 Å². The molecule has 1 N–H and O–H groups in total. The summed E-state index contributed by atoms with van der Waals surface area (Å²) < 4.78 is 0. The fraction of sp³-hybridized carbons (Fsp3) is 0.538. The van der Waals surface area contributed by atoms with Crippen LogP contribution in [0.5, 0.6) is 0 Å². The quantitative estimate of drug-likeness (QED) is 0.619. The first kappa shape index (κ1) is 12.0. The van der Waals surface area contributed by atoms with Crippen molar-refractivity contribution in [2.45, 2.75) is 18.9 Å². The minimum atomic E-state index is 0.629. The van der Waals surface area contributed by atoms with E-state index in [1.54, 1.807) is 12.4 Å². The van der Waals surface area contributed by atoms with Crippen molar-refractivity contribution in [3.05, 3.63) is 30.1 Å².